The number of halogens is 3. The van der Waals surface area contributed by atoms with Crippen LogP contribution < -0.4 is 0 Å². The number of pyridine rings is 1. The van der Waals surface area contributed by atoms with Gasteiger partial charge in [-0.15, -0.1) is 5.10 Å². The number of rotatable bonds is 2. The molecule has 0 unspecified atom stereocenters. The van der Waals surface area contributed by atoms with Crippen molar-refractivity contribution in [3.63, 3.8) is 0 Å². The standard InChI is InChI=1S/C13H7F3N4O/c14-7-1-3-9(10(16)5-7)12-18-13(21)19-20(12)11-4-2-8(15)6-17-11/h1-6H,(H,19,21). The molecule has 0 saturated carbocycles. The summed E-state index contributed by atoms with van der Waals surface area (Å²) in [6.07, 6.45) is 0.943. The Morgan fingerprint density at radius 1 is 1.00 bits per heavy atom. The molecular weight excluding hydrogens is 285 g/mol. The van der Waals surface area contributed by atoms with E-state index in [4.69, 9.17) is 0 Å². The summed E-state index contributed by atoms with van der Waals surface area (Å²) in [7, 11) is 0. The number of aromatic nitrogens is 4. The monoisotopic (exact) mass is 292 g/mol. The Hall–Kier alpha value is -2.90. The fourth-order valence-corrected chi connectivity index (χ4v) is 1.80. The van der Waals surface area contributed by atoms with Crippen molar-refractivity contribution < 1.29 is 18.3 Å². The van der Waals surface area contributed by atoms with Crippen LogP contribution in [0.2, 0.25) is 0 Å². The maximum absolute atomic E-state index is 13.8. The molecule has 8 heteroatoms. The second-order valence-electron chi connectivity index (χ2n) is 4.11. The molecule has 0 amide bonds. The summed E-state index contributed by atoms with van der Waals surface area (Å²) in [6.45, 7) is 0. The predicted molar refractivity (Wildman–Crippen MR) is 66.1 cm³/mol. The largest absolute Gasteiger partial charge is 0.478 e. The minimum atomic E-state index is -0.870. The van der Waals surface area contributed by atoms with Crippen LogP contribution in [0.3, 0.4) is 0 Å². The molecule has 3 rings (SSSR count). The van der Waals surface area contributed by atoms with Gasteiger partial charge in [-0.2, -0.15) is 9.67 Å². The van der Waals surface area contributed by atoms with E-state index in [1.54, 1.807) is 0 Å². The van der Waals surface area contributed by atoms with Crippen LogP contribution in [0.4, 0.5) is 13.2 Å². The summed E-state index contributed by atoms with van der Waals surface area (Å²) < 4.78 is 40.7. The van der Waals surface area contributed by atoms with E-state index < -0.39 is 23.5 Å². The molecule has 2 aromatic heterocycles. The van der Waals surface area contributed by atoms with E-state index in [1.165, 1.54) is 6.07 Å². The van der Waals surface area contributed by atoms with Crippen molar-refractivity contribution in [2.45, 2.75) is 0 Å². The molecule has 0 radical (unpaired) electrons. The smallest absolute Gasteiger partial charge is 0.333 e. The summed E-state index contributed by atoms with van der Waals surface area (Å²) in [5, 5.41) is 13.1. The van der Waals surface area contributed by atoms with E-state index in [0.29, 0.717) is 6.07 Å². The van der Waals surface area contributed by atoms with Crippen LogP contribution in [0.1, 0.15) is 0 Å². The highest BCUT2D eigenvalue weighted by Crippen LogP contribution is 2.25. The van der Waals surface area contributed by atoms with Crippen molar-refractivity contribution in [1.29, 1.82) is 0 Å². The molecule has 1 aromatic carbocycles. The van der Waals surface area contributed by atoms with E-state index in [-0.39, 0.29) is 17.2 Å². The zero-order valence-electron chi connectivity index (χ0n) is 10.3. The van der Waals surface area contributed by atoms with Gasteiger partial charge < -0.3 is 5.11 Å². The highest BCUT2D eigenvalue weighted by atomic mass is 19.1. The maximum Gasteiger partial charge on any atom is 0.333 e. The lowest BCUT2D eigenvalue weighted by Gasteiger charge is -2.05. The molecule has 2 heterocycles. The third kappa shape index (κ3) is 2.42. The molecule has 0 saturated heterocycles. The fourth-order valence-electron chi connectivity index (χ4n) is 1.80. The van der Waals surface area contributed by atoms with Crippen LogP contribution in [0.15, 0.2) is 36.5 Å². The molecule has 0 atom stereocenters. The average molecular weight is 292 g/mol. The second kappa shape index (κ2) is 4.89. The summed E-state index contributed by atoms with van der Waals surface area (Å²) in [6, 6.07) is 4.70. The van der Waals surface area contributed by atoms with Crippen molar-refractivity contribution in [3.05, 3.63) is 54.0 Å². The third-order valence-corrected chi connectivity index (χ3v) is 2.70. The lowest BCUT2D eigenvalue weighted by atomic mass is 10.2. The molecule has 1 N–H and O–H groups in total. The first kappa shape index (κ1) is 13.1. The van der Waals surface area contributed by atoms with E-state index in [1.807, 2.05) is 0 Å². The van der Waals surface area contributed by atoms with Crippen molar-refractivity contribution in [3.8, 4) is 23.2 Å². The highest BCUT2D eigenvalue weighted by Gasteiger charge is 2.17. The summed E-state index contributed by atoms with van der Waals surface area (Å²) in [4.78, 5) is 7.45. The first-order valence-electron chi connectivity index (χ1n) is 5.78. The zero-order valence-corrected chi connectivity index (χ0v) is 10.3. The second-order valence-corrected chi connectivity index (χ2v) is 4.11. The molecule has 5 nitrogen and oxygen atoms in total. The van der Waals surface area contributed by atoms with Gasteiger partial charge in [-0.1, -0.05) is 0 Å². The number of nitrogens with zero attached hydrogens (tertiary/aromatic N) is 4. The Morgan fingerprint density at radius 2 is 1.76 bits per heavy atom. The summed E-state index contributed by atoms with van der Waals surface area (Å²) >= 11 is 0. The number of benzene rings is 1. The predicted octanol–water partition coefficient (Wildman–Crippen LogP) is 2.45. The van der Waals surface area contributed by atoms with Crippen LogP contribution in [-0.2, 0) is 0 Å². The van der Waals surface area contributed by atoms with Gasteiger partial charge >= 0.3 is 6.01 Å². The van der Waals surface area contributed by atoms with Crippen molar-refractivity contribution in [2.24, 2.45) is 0 Å². The molecule has 0 aliphatic rings. The quantitative estimate of drug-likeness (QED) is 0.788. The van der Waals surface area contributed by atoms with Crippen LogP contribution in [0.25, 0.3) is 17.2 Å². The Morgan fingerprint density at radius 3 is 2.43 bits per heavy atom. The van der Waals surface area contributed by atoms with Gasteiger partial charge in [-0.3, -0.25) is 0 Å². The first-order valence-corrected chi connectivity index (χ1v) is 5.78. The first-order chi connectivity index (χ1) is 10.0. The summed E-state index contributed by atoms with van der Waals surface area (Å²) in [5.41, 5.74) is -0.0738. The minimum Gasteiger partial charge on any atom is -0.478 e. The Kier molecular flexibility index (Phi) is 3.05. The number of aromatic hydroxyl groups is 1. The summed E-state index contributed by atoms with van der Waals surface area (Å²) in [5.74, 6) is -2.12. The van der Waals surface area contributed by atoms with E-state index in [9.17, 15) is 18.3 Å². The molecule has 21 heavy (non-hydrogen) atoms. The molecule has 0 aliphatic heterocycles. The number of hydrogen-bond acceptors (Lipinski definition) is 4. The average Bonchev–Trinajstić information content (AvgIpc) is 2.81. The fraction of sp³-hybridized carbons (Fsp3) is 0. The van der Waals surface area contributed by atoms with Crippen molar-refractivity contribution in [1.82, 2.24) is 19.7 Å². The minimum absolute atomic E-state index is 0.0738. The topological polar surface area (TPSA) is 63.8 Å². The molecule has 0 aliphatic carbocycles. The van der Waals surface area contributed by atoms with E-state index in [2.05, 4.69) is 15.1 Å². The highest BCUT2D eigenvalue weighted by molar-refractivity contribution is 5.58. The number of hydrogen-bond donors (Lipinski definition) is 1. The van der Waals surface area contributed by atoms with Gasteiger partial charge in [0.2, 0.25) is 0 Å². The van der Waals surface area contributed by atoms with E-state index in [0.717, 1.165) is 29.1 Å². The third-order valence-electron chi connectivity index (χ3n) is 2.70. The van der Waals surface area contributed by atoms with Gasteiger partial charge in [0.1, 0.15) is 17.5 Å². The van der Waals surface area contributed by atoms with Crippen LogP contribution >= 0.6 is 0 Å². The van der Waals surface area contributed by atoms with Gasteiger partial charge in [0, 0.05) is 6.07 Å². The van der Waals surface area contributed by atoms with Crippen molar-refractivity contribution >= 4 is 0 Å². The Bertz CT molecular complexity index is 802. The molecular formula is C13H7F3N4O. The van der Waals surface area contributed by atoms with Crippen molar-refractivity contribution in [2.75, 3.05) is 0 Å². The van der Waals surface area contributed by atoms with Gasteiger partial charge in [0.25, 0.3) is 0 Å². The zero-order chi connectivity index (χ0) is 15.0. The molecule has 0 bridgehead atoms. The van der Waals surface area contributed by atoms with Gasteiger partial charge in [0.05, 0.1) is 11.8 Å². The normalized spacial score (nSPS) is 10.8. The SMILES string of the molecule is Oc1nc(-c2ccc(F)cc2F)n(-c2ccc(F)cn2)n1. The van der Waals surface area contributed by atoms with Gasteiger partial charge in [-0.05, 0) is 24.3 Å². The molecule has 0 fully saturated rings. The molecule has 106 valence electrons. The van der Waals surface area contributed by atoms with Gasteiger partial charge in [-0.25, -0.2) is 18.2 Å². The molecule has 0 spiro atoms. The van der Waals surface area contributed by atoms with Crippen LogP contribution in [-0.4, -0.2) is 24.9 Å². The Labute approximate surface area is 116 Å². The van der Waals surface area contributed by atoms with E-state index >= 15 is 0 Å². The van der Waals surface area contributed by atoms with Crippen LogP contribution in [0.5, 0.6) is 6.01 Å². The lowest BCUT2D eigenvalue weighted by Crippen LogP contribution is -2.03. The lowest BCUT2D eigenvalue weighted by molar-refractivity contribution is 0.430. The Balaban J connectivity index is 2.17. The van der Waals surface area contributed by atoms with Crippen LogP contribution in [0, 0.1) is 17.5 Å². The molecule has 3 aromatic rings. The van der Waals surface area contributed by atoms with Gasteiger partial charge in [0.15, 0.2) is 11.6 Å². The maximum atomic E-state index is 13.8.